The number of hydrogen-bond donors (Lipinski definition) is 2. The van der Waals surface area contributed by atoms with E-state index in [1.165, 1.54) is 37.3 Å². The van der Waals surface area contributed by atoms with Crippen LogP contribution in [0.15, 0.2) is 48.7 Å². The fraction of sp³-hybridized carbons (Fsp3) is 0.465. The summed E-state index contributed by atoms with van der Waals surface area (Å²) in [6.45, 7) is 9.07. The van der Waals surface area contributed by atoms with E-state index in [2.05, 4.69) is 20.6 Å². The number of anilines is 1. The lowest BCUT2D eigenvalue weighted by Crippen LogP contribution is -2.56. The number of benzene rings is 2. The van der Waals surface area contributed by atoms with Gasteiger partial charge in [0.2, 0.25) is 0 Å². The van der Waals surface area contributed by atoms with E-state index in [9.17, 15) is 19.2 Å². The molecule has 4 aromatic rings. The van der Waals surface area contributed by atoms with Crippen LogP contribution in [0, 0.1) is 24.4 Å². The Hall–Kier alpha value is -5.64. The first-order valence-electron chi connectivity index (χ1n) is 20.0. The Balaban J connectivity index is 0.953. The molecule has 1 spiro atoms. The molecule has 4 amide bonds. The van der Waals surface area contributed by atoms with Crippen molar-refractivity contribution >= 4 is 29.5 Å². The van der Waals surface area contributed by atoms with Gasteiger partial charge < -0.3 is 29.7 Å². The number of piperidine rings is 1. The molecule has 16 heteroatoms. The van der Waals surface area contributed by atoms with Crippen LogP contribution in [0.2, 0.25) is 0 Å². The van der Waals surface area contributed by atoms with Crippen LogP contribution in [0.4, 0.5) is 23.7 Å². The number of nitrogens with zero attached hydrogens (tertiary/aromatic N) is 6. The zero-order valence-corrected chi connectivity index (χ0v) is 34.3. The summed E-state index contributed by atoms with van der Waals surface area (Å²) in [6.07, 6.45) is 4.88. The SMILES string of the molecule is Cc1c(C(=O)Nc2ccc(CNC(=O)c3ccc4n3CCN(Cc3c(F)cc(C(=O)N(C)C)cc3F)C43CCC3)c(F)c2)cnn1C1CCN(C(=O)OC(C)(C)C)CC1. The van der Waals surface area contributed by atoms with Gasteiger partial charge in [0.15, 0.2) is 0 Å². The van der Waals surface area contributed by atoms with Gasteiger partial charge in [0, 0.05) is 87.1 Å². The van der Waals surface area contributed by atoms with Gasteiger partial charge in [-0.2, -0.15) is 5.10 Å². The van der Waals surface area contributed by atoms with E-state index in [0.29, 0.717) is 56.0 Å². The van der Waals surface area contributed by atoms with Gasteiger partial charge in [-0.1, -0.05) is 6.07 Å². The van der Waals surface area contributed by atoms with Crippen LogP contribution in [0.3, 0.4) is 0 Å². The first-order chi connectivity index (χ1) is 28.0. The molecule has 7 rings (SSSR count). The van der Waals surface area contributed by atoms with Crippen LogP contribution in [-0.2, 0) is 29.9 Å². The molecule has 0 bridgehead atoms. The van der Waals surface area contributed by atoms with E-state index in [1.807, 2.05) is 31.4 Å². The minimum absolute atomic E-state index is 0.00183. The zero-order valence-electron chi connectivity index (χ0n) is 34.3. The second kappa shape index (κ2) is 16.2. The van der Waals surface area contributed by atoms with Crippen molar-refractivity contribution in [1.82, 2.24) is 34.4 Å². The van der Waals surface area contributed by atoms with Crippen molar-refractivity contribution in [2.75, 3.05) is 39.0 Å². The lowest BCUT2D eigenvalue weighted by molar-refractivity contribution is -0.0229. The lowest BCUT2D eigenvalue weighted by Gasteiger charge is -2.53. The molecular formula is C43H51F3N8O5. The molecule has 2 N–H and O–H groups in total. The highest BCUT2D eigenvalue weighted by Crippen LogP contribution is 2.49. The van der Waals surface area contributed by atoms with Gasteiger partial charge in [-0.15, -0.1) is 0 Å². The molecule has 59 heavy (non-hydrogen) atoms. The third-order valence-corrected chi connectivity index (χ3v) is 11.7. The van der Waals surface area contributed by atoms with Crippen LogP contribution in [0.1, 0.15) is 113 Å². The molecule has 0 radical (unpaired) electrons. The molecule has 3 aliphatic rings. The molecule has 2 aromatic heterocycles. The van der Waals surface area contributed by atoms with Crippen molar-refractivity contribution in [2.45, 2.75) is 96.6 Å². The topological polar surface area (TPSA) is 134 Å². The van der Waals surface area contributed by atoms with Crippen LogP contribution in [0.5, 0.6) is 0 Å². The molecule has 2 fully saturated rings. The molecule has 0 unspecified atom stereocenters. The lowest BCUT2D eigenvalue weighted by atomic mass is 9.71. The predicted octanol–water partition coefficient (Wildman–Crippen LogP) is 6.76. The highest BCUT2D eigenvalue weighted by Gasteiger charge is 2.49. The largest absolute Gasteiger partial charge is 0.444 e. The number of likely N-dealkylation sites (tertiary alicyclic amines) is 1. The van der Waals surface area contributed by atoms with E-state index >= 15 is 13.2 Å². The minimum Gasteiger partial charge on any atom is -0.444 e. The summed E-state index contributed by atoms with van der Waals surface area (Å²) in [7, 11) is 3.04. The fourth-order valence-electron chi connectivity index (χ4n) is 8.42. The first-order valence-corrected chi connectivity index (χ1v) is 20.0. The monoisotopic (exact) mass is 816 g/mol. The number of aromatic nitrogens is 3. The van der Waals surface area contributed by atoms with Gasteiger partial charge in [0.25, 0.3) is 17.7 Å². The van der Waals surface area contributed by atoms with Crippen LogP contribution in [0.25, 0.3) is 0 Å². The third kappa shape index (κ3) is 8.32. The summed E-state index contributed by atoms with van der Waals surface area (Å²) in [6, 6.07) is 10.1. The zero-order chi connectivity index (χ0) is 42.4. The highest BCUT2D eigenvalue weighted by molar-refractivity contribution is 6.05. The van der Waals surface area contributed by atoms with Crippen molar-refractivity contribution in [3.05, 3.63) is 105 Å². The predicted molar refractivity (Wildman–Crippen MR) is 213 cm³/mol. The number of carbonyl (C=O) groups excluding carboxylic acids is 4. The summed E-state index contributed by atoms with van der Waals surface area (Å²) in [5.41, 5.74) is 1.54. The Morgan fingerprint density at radius 1 is 0.915 bits per heavy atom. The van der Waals surface area contributed by atoms with Gasteiger partial charge in [0.1, 0.15) is 28.7 Å². The number of amides is 4. The first kappa shape index (κ1) is 41.5. The van der Waals surface area contributed by atoms with Gasteiger partial charge in [-0.3, -0.25) is 24.0 Å². The van der Waals surface area contributed by atoms with Crippen molar-refractivity contribution in [2.24, 2.45) is 0 Å². The minimum atomic E-state index is -0.776. The van der Waals surface area contributed by atoms with Gasteiger partial charge >= 0.3 is 6.09 Å². The van der Waals surface area contributed by atoms with Crippen molar-refractivity contribution in [1.29, 1.82) is 0 Å². The van der Waals surface area contributed by atoms with Gasteiger partial charge in [-0.25, -0.2) is 18.0 Å². The standard InChI is InChI=1S/C43H51F3N8O5/c1-26-31(24-48-54(26)30-12-16-51(17-13-30)41(58)59-42(2,3)4)38(55)49-29-9-8-27(33(44)22-29)23-47-39(56)36-10-11-37-43(14-7-15-43)52(18-19-53(36)37)25-32-34(45)20-28(21-35(32)46)40(57)50(5)6/h8-11,20-22,24,30H,7,12-19,23,25H2,1-6H3,(H,47,56)(H,49,55). The maximum absolute atomic E-state index is 15.4. The Labute approximate surface area is 341 Å². The normalized spacial score (nSPS) is 16.7. The average Bonchev–Trinajstić information content (AvgIpc) is 3.77. The molecule has 13 nitrogen and oxygen atoms in total. The third-order valence-electron chi connectivity index (χ3n) is 11.7. The number of nitrogens with one attached hydrogen (secondary N) is 2. The van der Waals surface area contributed by atoms with Crippen LogP contribution < -0.4 is 10.6 Å². The molecule has 2 aliphatic heterocycles. The smallest absolute Gasteiger partial charge is 0.410 e. The van der Waals surface area contributed by atoms with Crippen molar-refractivity contribution in [3.8, 4) is 0 Å². The summed E-state index contributed by atoms with van der Waals surface area (Å²) in [4.78, 5) is 56.6. The van der Waals surface area contributed by atoms with Gasteiger partial charge in [-0.05, 0) is 96.2 Å². The Bertz CT molecular complexity index is 2260. The Morgan fingerprint density at radius 3 is 2.22 bits per heavy atom. The maximum atomic E-state index is 15.4. The molecule has 1 saturated carbocycles. The van der Waals surface area contributed by atoms with E-state index in [1.54, 1.807) is 28.6 Å². The highest BCUT2D eigenvalue weighted by atomic mass is 19.1. The van der Waals surface area contributed by atoms with E-state index in [-0.39, 0.29) is 47.6 Å². The van der Waals surface area contributed by atoms with Crippen LogP contribution in [-0.4, -0.2) is 92.2 Å². The summed E-state index contributed by atoms with van der Waals surface area (Å²) in [5, 5.41) is 10.0. The summed E-state index contributed by atoms with van der Waals surface area (Å²) < 4.78 is 55.1. The molecule has 2 aromatic carbocycles. The van der Waals surface area contributed by atoms with Crippen molar-refractivity contribution in [3.63, 3.8) is 0 Å². The number of carbonyl (C=O) groups is 4. The molecule has 0 atom stereocenters. The van der Waals surface area contributed by atoms with Crippen LogP contribution >= 0.6 is 0 Å². The molecule has 1 saturated heterocycles. The van der Waals surface area contributed by atoms with E-state index in [4.69, 9.17) is 4.74 Å². The second-order valence-electron chi connectivity index (χ2n) is 16.9. The maximum Gasteiger partial charge on any atom is 0.410 e. The average molecular weight is 817 g/mol. The Morgan fingerprint density at radius 2 is 1.61 bits per heavy atom. The molecule has 4 heterocycles. The second-order valence-corrected chi connectivity index (χ2v) is 16.9. The van der Waals surface area contributed by atoms with Crippen molar-refractivity contribution < 1.29 is 37.1 Å². The summed E-state index contributed by atoms with van der Waals surface area (Å²) >= 11 is 0. The van der Waals surface area contributed by atoms with Gasteiger partial charge in [0.05, 0.1) is 23.3 Å². The number of ether oxygens (including phenoxy) is 1. The molecular weight excluding hydrogens is 766 g/mol. The summed E-state index contributed by atoms with van der Waals surface area (Å²) in [5.74, 6) is -3.47. The quantitative estimate of drug-likeness (QED) is 0.191. The molecule has 1 aliphatic carbocycles. The molecule has 314 valence electrons. The Kier molecular flexibility index (Phi) is 11.4. The van der Waals surface area contributed by atoms with E-state index in [0.717, 1.165) is 37.1 Å². The number of halogens is 3. The number of hydrogen-bond acceptors (Lipinski definition) is 7. The fourth-order valence-corrected chi connectivity index (χ4v) is 8.42. The number of rotatable bonds is 9. The van der Waals surface area contributed by atoms with E-state index < -0.39 is 46.3 Å². The number of fused-ring (bicyclic) bond motifs is 2.